The van der Waals surface area contributed by atoms with Crippen molar-refractivity contribution in [1.29, 1.82) is 0 Å². The van der Waals surface area contributed by atoms with Gasteiger partial charge in [-0.05, 0) is 12.8 Å². The van der Waals surface area contributed by atoms with E-state index in [1.165, 1.54) is 0 Å². The Balaban J connectivity index is 3.75. The molecule has 0 unspecified atom stereocenters. The minimum Gasteiger partial charge on any atom is -0.481 e. The standard InChI is InChI=1S/C7H11NO5/c9-4-8-5(7(12)13)2-1-3-6(10)11/h4-5H,1-3H2,(H,8,9)(H,10,11)(H,12,13)/t5-/m1/s1. The molecule has 6 heteroatoms. The number of amides is 1. The van der Waals surface area contributed by atoms with Crippen molar-refractivity contribution in [1.82, 2.24) is 5.32 Å². The Hall–Kier alpha value is -1.59. The van der Waals surface area contributed by atoms with Gasteiger partial charge in [0.2, 0.25) is 6.41 Å². The molecular weight excluding hydrogens is 178 g/mol. The van der Waals surface area contributed by atoms with Crippen molar-refractivity contribution in [3.05, 3.63) is 0 Å². The fraction of sp³-hybridized carbons (Fsp3) is 0.571. The Bertz CT molecular complexity index is 203. The van der Waals surface area contributed by atoms with E-state index in [0.29, 0.717) is 6.41 Å². The molecule has 0 aliphatic heterocycles. The van der Waals surface area contributed by atoms with Gasteiger partial charge in [0.15, 0.2) is 0 Å². The molecule has 0 rings (SSSR count). The number of rotatable bonds is 7. The lowest BCUT2D eigenvalue weighted by Crippen LogP contribution is -2.35. The molecule has 0 fully saturated rings. The van der Waals surface area contributed by atoms with E-state index in [0.717, 1.165) is 0 Å². The highest BCUT2D eigenvalue weighted by Gasteiger charge is 2.15. The normalized spacial score (nSPS) is 11.7. The fourth-order valence-electron chi connectivity index (χ4n) is 0.818. The predicted molar refractivity (Wildman–Crippen MR) is 42.1 cm³/mol. The largest absolute Gasteiger partial charge is 0.481 e. The molecule has 0 radical (unpaired) electrons. The topological polar surface area (TPSA) is 104 Å². The lowest BCUT2D eigenvalue weighted by molar-refractivity contribution is -0.141. The Morgan fingerprint density at radius 1 is 1.38 bits per heavy atom. The lowest BCUT2D eigenvalue weighted by Gasteiger charge is -2.09. The van der Waals surface area contributed by atoms with Crippen LogP contribution in [-0.2, 0) is 14.4 Å². The molecule has 0 aromatic rings. The molecular formula is C7H11NO5. The molecule has 0 aromatic carbocycles. The zero-order valence-corrected chi connectivity index (χ0v) is 6.90. The number of carboxylic acids is 2. The third kappa shape index (κ3) is 5.66. The van der Waals surface area contributed by atoms with Gasteiger partial charge in [-0.15, -0.1) is 0 Å². The number of hydrogen-bond donors (Lipinski definition) is 3. The van der Waals surface area contributed by atoms with Crippen molar-refractivity contribution in [3.63, 3.8) is 0 Å². The molecule has 0 aliphatic rings. The van der Waals surface area contributed by atoms with Crippen LogP contribution >= 0.6 is 0 Å². The summed E-state index contributed by atoms with van der Waals surface area (Å²) in [6.07, 6.45) is 0.553. The van der Waals surface area contributed by atoms with Gasteiger partial charge in [-0.2, -0.15) is 0 Å². The zero-order chi connectivity index (χ0) is 10.3. The SMILES string of the molecule is O=CN[C@H](CCCC(=O)O)C(=O)O. The third-order valence-electron chi connectivity index (χ3n) is 1.45. The first-order chi connectivity index (χ1) is 6.07. The second kappa shape index (κ2) is 5.99. The summed E-state index contributed by atoms with van der Waals surface area (Å²) >= 11 is 0. The van der Waals surface area contributed by atoms with Crippen molar-refractivity contribution in [2.75, 3.05) is 0 Å². The Morgan fingerprint density at radius 2 is 2.00 bits per heavy atom. The molecule has 0 bridgehead atoms. The first-order valence-corrected chi connectivity index (χ1v) is 3.72. The van der Waals surface area contributed by atoms with Crippen LogP contribution in [0.2, 0.25) is 0 Å². The van der Waals surface area contributed by atoms with Gasteiger partial charge in [-0.3, -0.25) is 9.59 Å². The molecule has 0 aliphatic carbocycles. The van der Waals surface area contributed by atoms with Crippen molar-refractivity contribution >= 4 is 18.3 Å². The summed E-state index contributed by atoms with van der Waals surface area (Å²) in [6.45, 7) is 0. The van der Waals surface area contributed by atoms with Crippen molar-refractivity contribution in [2.45, 2.75) is 25.3 Å². The number of carboxylic acid groups (broad SMARTS) is 2. The predicted octanol–water partition coefficient (Wildman–Crippen LogP) is -0.559. The van der Waals surface area contributed by atoms with Crippen LogP contribution in [-0.4, -0.2) is 34.6 Å². The van der Waals surface area contributed by atoms with Crippen LogP contribution in [0.3, 0.4) is 0 Å². The monoisotopic (exact) mass is 189 g/mol. The lowest BCUT2D eigenvalue weighted by atomic mass is 10.1. The maximum atomic E-state index is 10.4. The molecule has 13 heavy (non-hydrogen) atoms. The number of carbonyl (C=O) groups excluding carboxylic acids is 1. The minimum absolute atomic E-state index is 0.0929. The molecule has 0 aromatic heterocycles. The molecule has 1 amide bonds. The van der Waals surface area contributed by atoms with Crippen molar-refractivity contribution in [3.8, 4) is 0 Å². The van der Waals surface area contributed by atoms with Gasteiger partial charge in [0, 0.05) is 6.42 Å². The van der Waals surface area contributed by atoms with E-state index in [2.05, 4.69) is 5.32 Å². The van der Waals surface area contributed by atoms with E-state index in [1.807, 2.05) is 0 Å². The van der Waals surface area contributed by atoms with Gasteiger partial charge in [0.25, 0.3) is 0 Å². The second-order valence-electron chi connectivity index (χ2n) is 2.46. The first-order valence-electron chi connectivity index (χ1n) is 3.72. The number of nitrogens with one attached hydrogen (secondary N) is 1. The van der Waals surface area contributed by atoms with Crippen molar-refractivity contribution in [2.24, 2.45) is 0 Å². The first kappa shape index (κ1) is 11.4. The summed E-state index contributed by atoms with van der Waals surface area (Å²) in [5, 5.41) is 18.8. The average molecular weight is 189 g/mol. The molecule has 0 spiro atoms. The van der Waals surface area contributed by atoms with Crippen LogP contribution in [0, 0.1) is 0 Å². The van der Waals surface area contributed by atoms with Gasteiger partial charge in [0.05, 0.1) is 0 Å². The van der Waals surface area contributed by atoms with Crippen LogP contribution in [0.1, 0.15) is 19.3 Å². The summed E-state index contributed by atoms with van der Waals surface area (Å²) in [6, 6.07) is -0.989. The highest BCUT2D eigenvalue weighted by Crippen LogP contribution is 2.00. The number of hydrogen-bond acceptors (Lipinski definition) is 3. The molecule has 3 N–H and O–H groups in total. The minimum atomic E-state index is -1.16. The van der Waals surface area contributed by atoms with Gasteiger partial charge >= 0.3 is 11.9 Å². The maximum absolute atomic E-state index is 10.4. The maximum Gasteiger partial charge on any atom is 0.326 e. The summed E-state index contributed by atoms with van der Waals surface area (Å²) in [5.41, 5.74) is 0. The van der Waals surface area contributed by atoms with E-state index in [4.69, 9.17) is 10.2 Å². The summed E-state index contributed by atoms with van der Waals surface area (Å²) in [4.78, 5) is 30.4. The Labute approximate surface area is 74.6 Å². The third-order valence-corrected chi connectivity index (χ3v) is 1.45. The molecule has 6 nitrogen and oxygen atoms in total. The van der Waals surface area contributed by atoms with Crippen LogP contribution in [0.5, 0.6) is 0 Å². The van der Waals surface area contributed by atoms with Gasteiger partial charge in [-0.25, -0.2) is 4.79 Å². The smallest absolute Gasteiger partial charge is 0.326 e. The van der Waals surface area contributed by atoms with Gasteiger partial charge in [-0.1, -0.05) is 0 Å². The van der Waals surface area contributed by atoms with Crippen LogP contribution in [0.25, 0.3) is 0 Å². The second-order valence-corrected chi connectivity index (χ2v) is 2.46. The highest BCUT2D eigenvalue weighted by molar-refractivity contribution is 5.76. The van der Waals surface area contributed by atoms with E-state index >= 15 is 0 Å². The molecule has 0 saturated heterocycles. The quantitative estimate of drug-likeness (QED) is 0.466. The molecule has 0 heterocycles. The van der Waals surface area contributed by atoms with E-state index < -0.39 is 18.0 Å². The number of carbonyl (C=O) groups is 3. The van der Waals surface area contributed by atoms with Crippen LogP contribution < -0.4 is 5.32 Å². The molecule has 74 valence electrons. The average Bonchev–Trinajstić information content (AvgIpc) is 2.02. The molecule has 0 saturated carbocycles. The summed E-state index contributed by atoms with van der Waals surface area (Å²) < 4.78 is 0. The zero-order valence-electron chi connectivity index (χ0n) is 6.90. The van der Waals surface area contributed by atoms with Gasteiger partial charge < -0.3 is 15.5 Å². The van der Waals surface area contributed by atoms with E-state index in [1.54, 1.807) is 0 Å². The van der Waals surface area contributed by atoms with Crippen molar-refractivity contribution < 1.29 is 24.6 Å². The Kier molecular flexibility index (Phi) is 5.25. The summed E-state index contributed by atoms with van der Waals surface area (Å²) in [5.74, 6) is -2.13. The van der Waals surface area contributed by atoms with Crippen LogP contribution in [0.15, 0.2) is 0 Å². The fourth-order valence-corrected chi connectivity index (χ4v) is 0.818. The van der Waals surface area contributed by atoms with E-state index in [-0.39, 0.29) is 19.3 Å². The van der Waals surface area contributed by atoms with Crippen LogP contribution in [0.4, 0.5) is 0 Å². The number of aliphatic carboxylic acids is 2. The summed E-state index contributed by atoms with van der Waals surface area (Å²) in [7, 11) is 0. The van der Waals surface area contributed by atoms with E-state index in [9.17, 15) is 14.4 Å². The molecule has 1 atom stereocenters. The Morgan fingerprint density at radius 3 is 2.38 bits per heavy atom. The van der Waals surface area contributed by atoms with Gasteiger partial charge in [0.1, 0.15) is 6.04 Å². The highest BCUT2D eigenvalue weighted by atomic mass is 16.4.